The summed E-state index contributed by atoms with van der Waals surface area (Å²) in [7, 11) is 1.67. The Morgan fingerprint density at radius 2 is 1.89 bits per heavy atom. The molecule has 2 atom stereocenters. The van der Waals surface area contributed by atoms with Gasteiger partial charge in [-0.1, -0.05) is 12.5 Å². The van der Waals surface area contributed by atoms with E-state index in [1.54, 1.807) is 19.2 Å². The van der Waals surface area contributed by atoms with Crippen molar-refractivity contribution in [1.29, 1.82) is 0 Å². The van der Waals surface area contributed by atoms with Gasteiger partial charge in [-0.25, -0.2) is 0 Å². The fraction of sp³-hybridized carbons (Fsp3) is 0.400. The van der Waals surface area contributed by atoms with Gasteiger partial charge in [0.15, 0.2) is 0 Å². The number of rotatable bonds is 6. The number of hydrogen-bond donors (Lipinski definition) is 1. The van der Waals surface area contributed by atoms with Gasteiger partial charge in [-0.15, -0.1) is 0 Å². The Bertz CT molecular complexity index is 1220. The smallest absolute Gasteiger partial charge is 0.131 e. The molecule has 0 radical (unpaired) electrons. The van der Waals surface area contributed by atoms with Gasteiger partial charge in [0, 0.05) is 46.9 Å². The summed E-state index contributed by atoms with van der Waals surface area (Å²) in [5, 5.41) is 10.0. The van der Waals surface area contributed by atoms with Crippen LogP contribution < -0.4 is 14.2 Å². The van der Waals surface area contributed by atoms with Crippen molar-refractivity contribution in [2.45, 2.75) is 31.8 Å². The first-order valence-electron chi connectivity index (χ1n) is 13.0. The van der Waals surface area contributed by atoms with Gasteiger partial charge < -0.3 is 24.1 Å². The molecule has 1 N–H and O–H groups in total. The van der Waals surface area contributed by atoms with Gasteiger partial charge in [-0.05, 0) is 68.8 Å². The van der Waals surface area contributed by atoms with Gasteiger partial charge in [-0.3, -0.25) is 4.90 Å². The van der Waals surface area contributed by atoms with Crippen molar-refractivity contribution in [3.8, 4) is 23.0 Å². The van der Waals surface area contributed by atoms with E-state index in [9.17, 15) is 5.11 Å². The Labute approximate surface area is 212 Å². The van der Waals surface area contributed by atoms with Crippen molar-refractivity contribution in [2.75, 3.05) is 40.0 Å². The summed E-state index contributed by atoms with van der Waals surface area (Å²) in [5.74, 6) is 3.54. The lowest BCUT2D eigenvalue weighted by Gasteiger charge is -2.38. The number of likely N-dealkylation sites (tertiary alicyclic amines) is 1. The number of piperidine rings is 1. The number of phenols is 1. The van der Waals surface area contributed by atoms with E-state index >= 15 is 0 Å². The van der Waals surface area contributed by atoms with Crippen LogP contribution in [-0.2, 0) is 4.74 Å². The van der Waals surface area contributed by atoms with E-state index < -0.39 is 0 Å². The quantitative estimate of drug-likeness (QED) is 0.587. The minimum atomic E-state index is -0.186. The highest BCUT2D eigenvalue weighted by Crippen LogP contribution is 2.49. The first-order valence-corrected chi connectivity index (χ1v) is 13.0. The normalized spacial score (nSPS) is 23.0. The molecule has 1 aliphatic carbocycles. The molecule has 3 heterocycles. The van der Waals surface area contributed by atoms with Crippen LogP contribution in [-0.4, -0.2) is 56.1 Å². The third-order valence-corrected chi connectivity index (χ3v) is 7.62. The molecule has 1 fully saturated rings. The van der Waals surface area contributed by atoms with Crippen LogP contribution >= 0.6 is 0 Å². The van der Waals surface area contributed by atoms with Crippen LogP contribution in [0.1, 0.15) is 36.8 Å². The van der Waals surface area contributed by atoms with E-state index in [0.29, 0.717) is 12.4 Å². The molecule has 0 amide bonds. The van der Waals surface area contributed by atoms with Crippen LogP contribution in [0.2, 0.25) is 0 Å². The van der Waals surface area contributed by atoms with E-state index in [1.165, 1.54) is 32.4 Å². The predicted octanol–water partition coefficient (Wildman–Crippen LogP) is 5.43. The zero-order valence-corrected chi connectivity index (χ0v) is 20.7. The van der Waals surface area contributed by atoms with E-state index in [0.717, 1.165) is 59.1 Å². The van der Waals surface area contributed by atoms with E-state index in [1.807, 2.05) is 24.3 Å². The number of nitrogens with zero attached hydrogens (tertiary/aromatic N) is 1. The number of phenolic OH excluding ortho intramolecular Hbond substituents is 1. The summed E-state index contributed by atoms with van der Waals surface area (Å²) < 4.78 is 24.3. The molecule has 6 nitrogen and oxygen atoms in total. The number of allylic oxidation sites excluding steroid dienone is 2. The Balaban J connectivity index is 1.24. The zero-order valence-electron chi connectivity index (χ0n) is 20.7. The average Bonchev–Trinajstić information content (AvgIpc) is 2.92. The Hall–Kier alpha value is -3.38. The Kier molecular flexibility index (Phi) is 6.36. The second-order valence-electron chi connectivity index (χ2n) is 9.88. The van der Waals surface area contributed by atoms with E-state index in [2.05, 4.69) is 23.1 Å². The third kappa shape index (κ3) is 4.46. The van der Waals surface area contributed by atoms with Crippen molar-refractivity contribution in [3.63, 3.8) is 0 Å². The minimum absolute atomic E-state index is 0.142. The number of hydrogen-bond acceptors (Lipinski definition) is 6. The Morgan fingerprint density at radius 3 is 2.69 bits per heavy atom. The molecule has 1 unspecified atom stereocenters. The molecule has 0 aromatic heterocycles. The molecule has 3 aliphatic heterocycles. The van der Waals surface area contributed by atoms with Crippen LogP contribution in [0.3, 0.4) is 0 Å². The lowest BCUT2D eigenvalue weighted by Crippen LogP contribution is -2.34. The maximum Gasteiger partial charge on any atom is 0.131 e. The molecular weight excluding hydrogens is 454 g/mol. The fourth-order valence-electron chi connectivity index (χ4n) is 5.69. The van der Waals surface area contributed by atoms with Crippen molar-refractivity contribution < 1.29 is 24.1 Å². The summed E-state index contributed by atoms with van der Waals surface area (Å²) in [6, 6.07) is 11.3. The minimum Gasteiger partial charge on any atom is -0.508 e. The maximum atomic E-state index is 10.0. The van der Waals surface area contributed by atoms with Crippen LogP contribution in [0.5, 0.6) is 23.0 Å². The molecule has 6 rings (SSSR count). The molecule has 1 saturated heterocycles. The summed E-state index contributed by atoms with van der Waals surface area (Å²) in [4.78, 5) is 2.50. The number of fused-ring (bicyclic) bond motifs is 4. The fourth-order valence-corrected chi connectivity index (χ4v) is 5.69. The molecule has 0 saturated carbocycles. The van der Waals surface area contributed by atoms with Gasteiger partial charge in [0.25, 0.3) is 0 Å². The topological polar surface area (TPSA) is 60.4 Å². The van der Waals surface area contributed by atoms with Gasteiger partial charge in [-0.2, -0.15) is 0 Å². The molecule has 36 heavy (non-hydrogen) atoms. The summed E-state index contributed by atoms with van der Waals surface area (Å²) in [6.07, 6.45) is 11.1. The monoisotopic (exact) mass is 487 g/mol. The molecule has 0 bridgehead atoms. The highest BCUT2D eigenvalue weighted by molar-refractivity contribution is 5.99. The third-order valence-electron chi connectivity index (χ3n) is 7.62. The molecule has 6 heteroatoms. The molecule has 0 spiro atoms. The summed E-state index contributed by atoms with van der Waals surface area (Å²) in [5.41, 5.74) is 4.26. The SMILES string of the molecule is COc1ccc2c(c1)O[C@@H](C1C=CC(OCCN3CCCCC3)=CC1)C1=C2COc2cc(O)ccc21. The molecule has 188 valence electrons. The largest absolute Gasteiger partial charge is 0.508 e. The zero-order chi connectivity index (χ0) is 24.5. The standard InChI is InChI=1S/C30H33NO5/c1-33-23-10-12-24-26-19-35-27-17-21(32)7-11-25(27)29(26)30(36-28(24)18-23)20-5-8-22(9-6-20)34-16-15-31-13-3-2-4-14-31/h5,7-12,17-18,20,30,32H,2-4,6,13-16,19H2,1H3/t20?,30-/m0/s1. The van der Waals surface area contributed by atoms with Gasteiger partial charge in [0.1, 0.15) is 48.1 Å². The highest BCUT2D eigenvalue weighted by atomic mass is 16.5. The van der Waals surface area contributed by atoms with Crippen molar-refractivity contribution in [2.24, 2.45) is 5.92 Å². The van der Waals surface area contributed by atoms with Crippen molar-refractivity contribution in [1.82, 2.24) is 4.90 Å². The molecule has 2 aromatic carbocycles. The van der Waals surface area contributed by atoms with Crippen LogP contribution in [0.25, 0.3) is 11.1 Å². The number of aromatic hydroxyl groups is 1. The number of methoxy groups -OCH3 is 1. The number of benzene rings is 2. The lowest BCUT2D eigenvalue weighted by atomic mass is 9.80. The van der Waals surface area contributed by atoms with Crippen LogP contribution in [0, 0.1) is 5.92 Å². The van der Waals surface area contributed by atoms with Crippen molar-refractivity contribution in [3.05, 3.63) is 71.5 Å². The average molecular weight is 488 g/mol. The lowest BCUT2D eigenvalue weighted by molar-refractivity contribution is 0.145. The maximum absolute atomic E-state index is 10.0. The highest BCUT2D eigenvalue weighted by Gasteiger charge is 2.38. The first kappa shape index (κ1) is 23.0. The second kappa shape index (κ2) is 9.94. The molecule has 2 aromatic rings. The van der Waals surface area contributed by atoms with Crippen LogP contribution in [0.15, 0.2) is 60.4 Å². The van der Waals surface area contributed by atoms with E-state index in [4.69, 9.17) is 18.9 Å². The van der Waals surface area contributed by atoms with Crippen LogP contribution in [0.4, 0.5) is 0 Å². The molecular formula is C30H33NO5. The van der Waals surface area contributed by atoms with Crippen molar-refractivity contribution >= 4 is 11.1 Å². The summed E-state index contributed by atoms with van der Waals surface area (Å²) >= 11 is 0. The predicted molar refractivity (Wildman–Crippen MR) is 139 cm³/mol. The molecule has 4 aliphatic rings. The van der Waals surface area contributed by atoms with Gasteiger partial charge in [0.05, 0.1) is 7.11 Å². The number of ether oxygens (including phenoxy) is 4. The second-order valence-corrected chi connectivity index (χ2v) is 9.88. The first-order chi connectivity index (χ1) is 17.7. The van der Waals surface area contributed by atoms with E-state index in [-0.39, 0.29) is 17.8 Å². The van der Waals surface area contributed by atoms with Gasteiger partial charge in [0.2, 0.25) is 0 Å². The Morgan fingerprint density at radius 1 is 1.03 bits per heavy atom. The van der Waals surface area contributed by atoms with Gasteiger partial charge >= 0.3 is 0 Å². The summed E-state index contributed by atoms with van der Waals surface area (Å²) in [6.45, 7) is 4.51.